The number of nitro groups is 1. The summed E-state index contributed by atoms with van der Waals surface area (Å²) < 4.78 is 0. The van der Waals surface area contributed by atoms with E-state index < -0.39 is 10.8 Å². The zero-order valence-electron chi connectivity index (χ0n) is 12.3. The summed E-state index contributed by atoms with van der Waals surface area (Å²) in [5, 5.41) is 34.3. The van der Waals surface area contributed by atoms with E-state index in [2.05, 4.69) is 10.6 Å². The van der Waals surface area contributed by atoms with Crippen molar-refractivity contribution in [2.45, 2.75) is 0 Å². The monoisotopic (exact) mass is 324 g/mol. The normalized spacial score (nSPS) is 10.5. The molecular formula is C16H12N4O4. The number of phenolic OH excluding ortho intramolecular Hbond substituents is 1. The Balaban J connectivity index is 2.15. The summed E-state index contributed by atoms with van der Waals surface area (Å²) in [5.41, 5.74) is 0.0215. The van der Waals surface area contributed by atoms with Crippen LogP contribution < -0.4 is 10.6 Å². The maximum absolute atomic E-state index is 12.1. The van der Waals surface area contributed by atoms with Gasteiger partial charge in [0, 0.05) is 18.0 Å². The number of aromatic hydroxyl groups is 1. The Morgan fingerprint density at radius 3 is 2.50 bits per heavy atom. The molecule has 0 fully saturated rings. The molecule has 0 aliphatic rings. The third-order valence-electron chi connectivity index (χ3n) is 2.96. The summed E-state index contributed by atoms with van der Waals surface area (Å²) >= 11 is 0. The third-order valence-corrected chi connectivity index (χ3v) is 2.96. The fourth-order valence-corrected chi connectivity index (χ4v) is 1.79. The highest BCUT2D eigenvalue weighted by molar-refractivity contribution is 6.07. The van der Waals surface area contributed by atoms with Gasteiger partial charge in [-0.15, -0.1) is 0 Å². The lowest BCUT2D eigenvalue weighted by atomic mass is 10.2. The second kappa shape index (κ2) is 7.42. The molecule has 0 heterocycles. The second-order valence-corrected chi connectivity index (χ2v) is 4.59. The fraction of sp³-hybridized carbons (Fsp3) is 0. The number of hydrogen-bond donors (Lipinski definition) is 3. The number of hydrogen-bond acceptors (Lipinski definition) is 6. The predicted octanol–water partition coefficient (Wildman–Crippen LogP) is 2.76. The number of benzene rings is 2. The average Bonchev–Trinajstić information content (AvgIpc) is 2.57. The minimum Gasteiger partial charge on any atom is -0.508 e. The van der Waals surface area contributed by atoms with E-state index in [1.165, 1.54) is 42.6 Å². The number of amides is 1. The number of phenols is 1. The van der Waals surface area contributed by atoms with E-state index in [0.717, 1.165) is 0 Å². The number of rotatable bonds is 5. The molecule has 8 heteroatoms. The highest BCUT2D eigenvalue weighted by Crippen LogP contribution is 2.23. The molecular weight excluding hydrogens is 312 g/mol. The van der Waals surface area contributed by atoms with Crippen molar-refractivity contribution < 1.29 is 14.8 Å². The smallest absolute Gasteiger partial charge is 0.292 e. The second-order valence-electron chi connectivity index (χ2n) is 4.59. The van der Waals surface area contributed by atoms with Crippen LogP contribution in [0.25, 0.3) is 0 Å². The minimum absolute atomic E-state index is 0.00159. The summed E-state index contributed by atoms with van der Waals surface area (Å²) in [6.45, 7) is 0. The van der Waals surface area contributed by atoms with Gasteiger partial charge in [0.15, 0.2) is 0 Å². The third kappa shape index (κ3) is 4.08. The molecule has 0 bridgehead atoms. The van der Waals surface area contributed by atoms with Crippen LogP contribution in [-0.2, 0) is 4.79 Å². The molecule has 120 valence electrons. The number of nitriles is 1. The van der Waals surface area contributed by atoms with Gasteiger partial charge in [-0.05, 0) is 30.3 Å². The molecule has 0 unspecified atom stereocenters. The van der Waals surface area contributed by atoms with Gasteiger partial charge in [-0.25, -0.2) is 0 Å². The van der Waals surface area contributed by atoms with Gasteiger partial charge in [-0.2, -0.15) is 5.26 Å². The van der Waals surface area contributed by atoms with Gasteiger partial charge in [-0.1, -0.05) is 12.1 Å². The molecule has 0 saturated carbocycles. The van der Waals surface area contributed by atoms with Gasteiger partial charge in [0.05, 0.1) is 4.92 Å². The van der Waals surface area contributed by atoms with Crippen LogP contribution in [0.1, 0.15) is 0 Å². The minimum atomic E-state index is -0.780. The molecule has 8 nitrogen and oxygen atoms in total. The van der Waals surface area contributed by atoms with Crippen molar-refractivity contribution in [3.05, 3.63) is 70.4 Å². The maximum Gasteiger partial charge on any atom is 0.292 e. The molecule has 2 aromatic rings. The molecule has 3 N–H and O–H groups in total. The van der Waals surface area contributed by atoms with E-state index in [1.54, 1.807) is 18.2 Å². The van der Waals surface area contributed by atoms with Crippen LogP contribution in [0, 0.1) is 21.4 Å². The van der Waals surface area contributed by atoms with Crippen LogP contribution in [0.15, 0.2) is 60.3 Å². The lowest BCUT2D eigenvalue weighted by Gasteiger charge is -2.06. The largest absolute Gasteiger partial charge is 0.508 e. The quantitative estimate of drug-likeness (QED) is 0.255. The molecule has 1 amide bonds. The lowest BCUT2D eigenvalue weighted by molar-refractivity contribution is -0.383. The average molecular weight is 324 g/mol. The molecule has 0 radical (unpaired) electrons. The van der Waals surface area contributed by atoms with Crippen LogP contribution in [0.2, 0.25) is 0 Å². The Bertz CT molecular complexity index is 838. The number of anilines is 2. The Kier molecular flexibility index (Phi) is 5.10. The molecule has 2 aromatic carbocycles. The molecule has 24 heavy (non-hydrogen) atoms. The molecule has 0 saturated heterocycles. The highest BCUT2D eigenvalue weighted by Gasteiger charge is 2.17. The Hall–Kier alpha value is -3.86. The summed E-state index contributed by atoms with van der Waals surface area (Å²) in [5.74, 6) is -0.697. The van der Waals surface area contributed by atoms with Gasteiger partial charge in [0.2, 0.25) is 0 Å². The Morgan fingerprint density at radius 1 is 1.21 bits per heavy atom. The van der Waals surface area contributed by atoms with E-state index in [-0.39, 0.29) is 22.7 Å². The Morgan fingerprint density at radius 2 is 1.88 bits per heavy atom. The standard InChI is InChI=1S/C16H12N4O4/c17-9-11(10-18-12-5-7-13(21)8-6-12)16(22)19-14-3-1-2-4-15(14)20(23)24/h1-8,10,18,21H,(H,19,22)/b11-10-. The zero-order valence-corrected chi connectivity index (χ0v) is 12.3. The molecule has 0 spiro atoms. The van der Waals surface area contributed by atoms with Crippen molar-refractivity contribution in [2.75, 3.05) is 10.6 Å². The van der Waals surface area contributed by atoms with Crippen molar-refractivity contribution in [1.29, 1.82) is 5.26 Å². The molecule has 2 rings (SSSR count). The van der Waals surface area contributed by atoms with Crippen LogP contribution in [0.3, 0.4) is 0 Å². The first-order chi connectivity index (χ1) is 11.5. The van der Waals surface area contributed by atoms with Crippen LogP contribution >= 0.6 is 0 Å². The number of carbonyl (C=O) groups excluding carboxylic acids is 1. The van der Waals surface area contributed by atoms with Crippen molar-refractivity contribution in [1.82, 2.24) is 0 Å². The van der Waals surface area contributed by atoms with Crippen molar-refractivity contribution in [3.63, 3.8) is 0 Å². The molecule has 0 aromatic heterocycles. The fourth-order valence-electron chi connectivity index (χ4n) is 1.79. The van der Waals surface area contributed by atoms with E-state index in [9.17, 15) is 20.0 Å². The molecule has 0 aliphatic heterocycles. The van der Waals surface area contributed by atoms with Crippen molar-refractivity contribution >= 4 is 23.0 Å². The topological polar surface area (TPSA) is 128 Å². The molecule has 0 aliphatic carbocycles. The zero-order chi connectivity index (χ0) is 17.5. The van der Waals surface area contributed by atoms with Crippen molar-refractivity contribution in [3.8, 4) is 11.8 Å². The predicted molar refractivity (Wildman–Crippen MR) is 87.2 cm³/mol. The first-order valence-electron chi connectivity index (χ1n) is 6.72. The van der Waals surface area contributed by atoms with Crippen LogP contribution in [-0.4, -0.2) is 15.9 Å². The van der Waals surface area contributed by atoms with Crippen LogP contribution in [0.4, 0.5) is 17.1 Å². The number of carbonyl (C=O) groups is 1. The first-order valence-corrected chi connectivity index (χ1v) is 6.72. The van der Waals surface area contributed by atoms with E-state index in [0.29, 0.717) is 5.69 Å². The SMILES string of the molecule is N#C/C(=C/Nc1ccc(O)cc1)C(=O)Nc1ccccc1[N+](=O)[O-]. The Labute approximate surface area is 136 Å². The number of nitro benzene ring substituents is 1. The lowest BCUT2D eigenvalue weighted by Crippen LogP contribution is -2.15. The van der Waals surface area contributed by atoms with Gasteiger partial charge >= 0.3 is 0 Å². The summed E-state index contributed by atoms with van der Waals surface area (Å²) in [4.78, 5) is 22.4. The van der Waals surface area contributed by atoms with Crippen molar-refractivity contribution in [2.24, 2.45) is 0 Å². The summed E-state index contributed by atoms with van der Waals surface area (Å²) in [6, 6.07) is 13.3. The highest BCUT2D eigenvalue weighted by atomic mass is 16.6. The number of para-hydroxylation sites is 2. The van der Waals surface area contributed by atoms with Gasteiger partial charge in [-0.3, -0.25) is 14.9 Å². The van der Waals surface area contributed by atoms with Crippen LogP contribution in [0.5, 0.6) is 5.75 Å². The molecule has 0 atom stereocenters. The van der Waals surface area contributed by atoms with Gasteiger partial charge in [0.1, 0.15) is 23.1 Å². The van der Waals surface area contributed by atoms with Gasteiger partial charge < -0.3 is 15.7 Å². The van der Waals surface area contributed by atoms with E-state index in [4.69, 9.17) is 5.26 Å². The number of nitrogens with one attached hydrogen (secondary N) is 2. The summed E-state index contributed by atoms with van der Waals surface area (Å²) in [6.07, 6.45) is 1.18. The van der Waals surface area contributed by atoms with E-state index in [1.807, 2.05) is 0 Å². The van der Waals surface area contributed by atoms with E-state index >= 15 is 0 Å². The van der Waals surface area contributed by atoms with Gasteiger partial charge in [0.25, 0.3) is 11.6 Å². The number of nitrogens with zero attached hydrogens (tertiary/aromatic N) is 2. The first kappa shape index (κ1) is 16.5. The maximum atomic E-state index is 12.1. The summed E-state index contributed by atoms with van der Waals surface area (Å²) in [7, 11) is 0.